The van der Waals surface area contributed by atoms with Crippen LogP contribution in [0.1, 0.15) is 31.9 Å². The molecule has 3 rings (SSSR count). The quantitative estimate of drug-likeness (QED) is 0.191. The van der Waals surface area contributed by atoms with Crippen LogP contribution in [0.15, 0.2) is 27.8 Å². The van der Waals surface area contributed by atoms with E-state index in [9.17, 15) is 0 Å². The first kappa shape index (κ1) is 24.4. The summed E-state index contributed by atoms with van der Waals surface area (Å²) in [5, 5.41) is 6.98. The summed E-state index contributed by atoms with van der Waals surface area (Å²) in [6.07, 6.45) is 6.21. The minimum absolute atomic E-state index is 0. The zero-order valence-electron chi connectivity index (χ0n) is 17.7. The fourth-order valence-corrected chi connectivity index (χ4v) is 3.43. The van der Waals surface area contributed by atoms with Crippen molar-refractivity contribution < 1.29 is 13.9 Å². The second-order valence-corrected chi connectivity index (χ2v) is 7.75. The first-order valence-corrected chi connectivity index (χ1v) is 10.7. The van der Waals surface area contributed by atoms with Gasteiger partial charge in [-0.25, -0.2) is 0 Å². The van der Waals surface area contributed by atoms with Crippen molar-refractivity contribution in [3.05, 3.63) is 24.2 Å². The molecule has 1 aliphatic carbocycles. The van der Waals surface area contributed by atoms with E-state index in [2.05, 4.69) is 22.5 Å². The first-order valence-electron chi connectivity index (χ1n) is 10.7. The van der Waals surface area contributed by atoms with Gasteiger partial charge in [-0.2, -0.15) is 0 Å². The standard InChI is InChI=1S/C21H36N4O3.HI/c1-2-26-15-8-21(6-7-21)18-24-20(22-9-5-19-4-3-14-28-19)23-10-11-25-12-16-27-17-13-25;/h3-4,14H,2,5-13,15-18H2,1H3,(H2,22,23,24);1H. The Hall–Kier alpha value is -0.840. The summed E-state index contributed by atoms with van der Waals surface area (Å²) in [5.74, 6) is 1.90. The Morgan fingerprint density at radius 3 is 2.72 bits per heavy atom. The molecule has 0 radical (unpaired) electrons. The van der Waals surface area contributed by atoms with Gasteiger partial charge < -0.3 is 24.5 Å². The third-order valence-corrected chi connectivity index (χ3v) is 5.58. The molecule has 0 aromatic carbocycles. The maximum atomic E-state index is 5.55. The molecule has 29 heavy (non-hydrogen) atoms. The van der Waals surface area contributed by atoms with Crippen LogP contribution < -0.4 is 10.6 Å². The van der Waals surface area contributed by atoms with Gasteiger partial charge in [0.1, 0.15) is 5.76 Å². The number of hydrogen-bond donors (Lipinski definition) is 2. The topological polar surface area (TPSA) is 71.3 Å². The smallest absolute Gasteiger partial charge is 0.191 e. The van der Waals surface area contributed by atoms with Gasteiger partial charge in [0.05, 0.1) is 19.5 Å². The second kappa shape index (κ2) is 13.5. The van der Waals surface area contributed by atoms with Crippen LogP contribution in [0.4, 0.5) is 0 Å². The van der Waals surface area contributed by atoms with Gasteiger partial charge in [0.25, 0.3) is 0 Å². The SMILES string of the molecule is CCOCCC1(CN=C(NCCc2ccco2)NCCN2CCOCC2)CC1.I. The summed E-state index contributed by atoms with van der Waals surface area (Å²) in [7, 11) is 0. The van der Waals surface area contributed by atoms with Gasteiger partial charge in [-0.05, 0) is 43.7 Å². The Balaban J connectivity index is 0.00000300. The van der Waals surface area contributed by atoms with Crippen molar-refractivity contribution in [2.75, 3.05) is 65.7 Å². The maximum Gasteiger partial charge on any atom is 0.191 e. The van der Waals surface area contributed by atoms with E-state index in [0.29, 0.717) is 5.41 Å². The highest BCUT2D eigenvalue weighted by Gasteiger charge is 2.41. The molecule has 0 unspecified atom stereocenters. The number of nitrogens with zero attached hydrogens (tertiary/aromatic N) is 2. The monoisotopic (exact) mass is 520 g/mol. The number of hydrogen-bond acceptors (Lipinski definition) is 5. The van der Waals surface area contributed by atoms with E-state index in [1.165, 1.54) is 12.8 Å². The van der Waals surface area contributed by atoms with Crippen molar-refractivity contribution in [3.63, 3.8) is 0 Å². The molecule has 0 atom stereocenters. The number of furan rings is 1. The molecule has 2 N–H and O–H groups in total. The molecule has 2 fully saturated rings. The molecule has 0 spiro atoms. The highest BCUT2D eigenvalue weighted by atomic mass is 127. The van der Waals surface area contributed by atoms with Crippen molar-refractivity contribution in [2.24, 2.45) is 10.4 Å². The van der Waals surface area contributed by atoms with Crippen molar-refractivity contribution in [3.8, 4) is 0 Å². The number of aliphatic imine (C=N–C) groups is 1. The van der Waals surface area contributed by atoms with E-state index in [0.717, 1.165) is 90.3 Å². The molecular formula is C21H37IN4O3. The Morgan fingerprint density at radius 2 is 2.03 bits per heavy atom. The minimum Gasteiger partial charge on any atom is -0.469 e. The summed E-state index contributed by atoms with van der Waals surface area (Å²) in [4.78, 5) is 7.34. The summed E-state index contributed by atoms with van der Waals surface area (Å²) in [5.41, 5.74) is 0.356. The molecule has 1 aliphatic heterocycles. The fourth-order valence-electron chi connectivity index (χ4n) is 3.43. The Bertz CT molecular complexity index is 572. The van der Waals surface area contributed by atoms with Crippen LogP contribution in [0.3, 0.4) is 0 Å². The zero-order valence-corrected chi connectivity index (χ0v) is 20.0. The molecule has 0 bridgehead atoms. The van der Waals surface area contributed by atoms with Crippen LogP contribution in [0.2, 0.25) is 0 Å². The van der Waals surface area contributed by atoms with Gasteiger partial charge in [0.2, 0.25) is 0 Å². The predicted octanol–water partition coefficient (Wildman–Crippen LogP) is 2.51. The van der Waals surface area contributed by atoms with Gasteiger partial charge in [0.15, 0.2) is 5.96 Å². The van der Waals surface area contributed by atoms with Crippen LogP contribution >= 0.6 is 24.0 Å². The second-order valence-electron chi connectivity index (χ2n) is 7.75. The minimum atomic E-state index is 0. The van der Waals surface area contributed by atoms with Gasteiger partial charge in [-0.3, -0.25) is 9.89 Å². The Morgan fingerprint density at radius 1 is 1.24 bits per heavy atom. The summed E-state index contributed by atoms with van der Waals surface area (Å²) in [6.45, 7) is 11.0. The Labute approximate surface area is 192 Å². The average Bonchev–Trinajstić information content (AvgIpc) is 3.29. The van der Waals surface area contributed by atoms with Crippen molar-refractivity contribution in [2.45, 2.75) is 32.6 Å². The number of halogens is 1. The van der Waals surface area contributed by atoms with E-state index in [4.69, 9.17) is 18.9 Å². The number of rotatable bonds is 12. The lowest BCUT2D eigenvalue weighted by Gasteiger charge is -2.26. The molecule has 166 valence electrons. The largest absolute Gasteiger partial charge is 0.469 e. The Kier molecular flexibility index (Phi) is 11.3. The maximum absolute atomic E-state index is 5.55. The lowest BCUT2D eigenvalue weighted by Crippen LogP contribution is -2.45. The van der Waals surface area contributed by atoms with Crippen molar-refractivity contribution in [1.82, 2.24) is 15.5 Å². The van der Waals surface area contributed by atoms with Crippen molar-refractivity contribution >= 4 is 29.9 Å². The molecular weight excluding hydrogens is 483 g/mol. The van der Waals surface area contributed by atoms with Crippen LogP contribution in [0.25, 0.3) is 0 Å². The van der Waals surface area contributed by atoms with E-state index in [1.807, 2.05) is 12.1 Å². The summed E-state index contributed by atoms with van der Waals surface area (Å²) in [6, 6.07) is 3.94. The highest BCUT2D eigenvalue weighted by molar-refractivity contribution is 14.0. The highest BCUT2D eigenvalue weighted by Crippen LogP contribution is 2.48. The van der Waals surface area contributed by atoms with Gasteiger partial charge in [0, 0.05) is 58.9 Å². The van der Waals surface area contributed by atoms with Gasteiger partial charge in [-0.15, -0.1) is 24.0 Å². The third kappa shape index (κ3) is 9.23. The zero-order chi connectivity index (χ0) is 19.5. The van der Waals surface area contributed by atoms with E-state index in [1.54, 1.807) is 6.26 Å². The molecule has 2 heterocycles. The van der Waals surface area contributed by atoms with Crippen LogP contribution in [-0.2, 0) is 15.9 Å². The van der Waals surface area contributed by atoms with Crippen LogP contribution in [-0.4, -0.2) is 76.6 Å². The van der Waals surface area contributed by atoms with E-state index < -0.39 is 0 Å². The van der Waals surface area contributed by atoms with Gasteiger partial charge >= 0.3 is 0 Å². The van der Waals surface area contributed by atoms with Gasteiger partial charge in [-0.1, -0.05) is 0 Å². The number of morpholine rings is 1. The van der Waals surface area contributed by atoms with Crippen LogP contribution in [0.5, 0.6) is 0 Å². The average molecular weight is 520 g/mol. The molecule has 1 aromatic heterocycles. The van der Waals surface area contributed by atoms with E-state index in [-0.39, 0.29) is 24.0 Å². The molecule has 1 aromatic rings. The third-order valence-electron chi connectivity index (χ3n) is 5.58. The molecule has 1 saturated carbocycles. The molecule has 2 aliphatic rings. The lowest BCUT2D eigenvalue weighted by atomic mass is 10.0. The van der Waals surface area contributed by atoms with Crippen molar-refractivity contribution in [1.29, 1.82) is 0 Å². The molecule has 0 amide bonds. The number of nitrogens with one attached hydrogen (secondary N) is 2. The number of ether oxygens (including phenoxy) is 2. The molecule has 7 nitrogen and oxygen atoms in total. The normalized spacial score (nSPS) is 18.9. The van der Waals surface area contributed by atoms with Crippen LogP contribution in [0, 0.1) is 5.41 Å². The molecule has 1 saturated heterocycles. The van der Waals surface area contributed by atoms with E-state index >= 15 is 0 Å². The summed E-state index contributed by atoms with van der Waals surface area (Å²) < 4.78 is 16.4. The lowest BCUT2D eigenvalue weighted by molar-refractivity contribution is 0.0389. The predicted molar refractivity (Wildman–Crippen MR) is 126 cm³/mol. The fraction of sp³-hybridized carbons (Fsp3) is 0.762. The summed E-state index contributed by atoms with van der Waals surface area (Å²) >= 11 is 0. The number of guanidine groups is 1. The first-order chi connectivity index (χ1) is 13.8. The molecule has 8 heteroatoms.